The van der Waals surface area contributed by atoms with Gasteiger partial charge >= 0.3 is 0 Å². The molecule has 1 aliphatic heterocycles. The summed E-state index contributed by atoms with van der Waals surface area (Å²) >= 11 is 6.39. The third-order valence-electron chi connectivity index (χ3n) is 3.95. The molecule has 0 bridgehead atoms. The maximum Gasteiger partial charge on any atom is 0.229 e. The molecule has 2 amide bonds. The lowest BCUT2D eigenvalue weighted by Gasteiger charge is -2.36. The third kappa shape index (κ3) is 4.38. The van der Waals surface area contributed by atoms with Gasteiger partial charge in [0.1, 0.15) is 0 Å². The van der Waals surface area contributed by atoms with E-state index in [0.29, 0.717) is 23.8 Å². The minimum Gasteiger partial charge on any atom is -0.367 e. The standard InChI is InChI=1S/C17H24ClN3O2/c1-12(22)20-7-9-21(10-8-20)15-6-5-13(11-14(15)18)19-16(23)17(2,3)4/h5-6,11H,7-10H2,1-4H3,(H,19,23). The van der Waals surface area contributed by atoms with Crippen LogP contribution in [0.1, 0.15) is 27.7 Å². The molecule has 0 aliphatic carbocycles. The Morgan fingerprint density at radius 3 is 2.22 bits per heavy atom. The van der Waals surface area contributed by atoms with E-state index in [2.05, 4.69) is 10.2 Å². The van der Waals surface area contributed by atoms with Crippen molar-refractivity contribution in [3.05, 3.63) is 23.2 Å². The van der Waals surface area contributed by atoms with Gasteiger partial charge in [0.2, 0.25) is 11.8 Å². The van der Waals surface area contributed by atoms with Crippen molar-refractivity contribution >= 4 is 34.8 Å². The number of nitrogens with zero attached hydrogens (tertiary/aromatic N) is 2. The molecule has 6 heteroatoms. The average Bonchev–Trinajstić information content (AvgIpc) is 2.46. The molecule has 1 aromatic rings. The van der Waals surface area contributed by atoms with Crippen molar-refractivity contribution < 1.29 is 9.59 Å². The van der Waals surface area contributed by atoms with E-state index in [4.69, 9.17) is 11.6 Å². The molecule has 1 heterocycles. The Bertz CT molecular complexity index is 602. The average molecular weight is 338 g/mol. The molecule has 0 aromatic heterocycles. The molecule has 0 atom stereocenters. The Kier molecular flexibility index (Phi) is 5.19. The molecule has 0 spiro atoms. The van der Waals surface area contributed by atoms with Crippen LogP contribution in [0.3, 0.4) is 0 Å². The van der Waals surface area contributed by atoms with Gasteiger partial charge in [0, 0.05) is 44.2 Å². The summed E-state index contributed by atoms with van der Waals surface area (Å²) in [5, 5.41) is 3.48. The van der Waals surface area contributed by atoms with Gasteiger partial charge < -0.3 is 15.1 Å². The number of benzene rings is 1. The van der Waals surface area contributed by atoms with Crippen molar-refractivity contribution in [2.24, 2.45) is 5.41 Å². The van der Waals surface area contributed by atoms with Crippen LogP contribution in [-0.2, 0) is 9.59 Å². The van der Waals surface area contributed by atoms with Crippen LogP contribution in [0.5, 0.6) is 0 Å². The topological polar surface area (TPSA) is 52.7 Å². The Morgan fingerprint density at radius 2 is 1.74 bits per heavy atom. The van der Waals surface area contributed by atoms with E-state index >= 15 is 0 Å². The highest BCUT2D eigenvalue weighted by Gasteiger charge is 2.23. The lowest BCUT2D eigenvalue weighted by molar-refractivity contribution is -0.129. The third-order valence-corrected chi connectivity index (χ3v) is 4.26. The molecule has 1 fully saturated rings. The number of carbonyl (C=O) groups is 2. The highest BCUT2D eigenvalue weighted by atomic mass is 35.5. The Labute approximate surface area is 142 Å². The van der Waals surface area contributed by atoms with Crippen molar-refractivity contribution in [3.63, 3.8) is 0 Å². The number of anilines is 2. The number of hydrogen-bond acceptors (Lipinski definition) is 3. The summed E-state index contributed by atoms with van der Waals surface area (Å²) in [4.78, 5) is 27.4. The van der Waals surface area contributed by atoms with Crippen molar-refractivity contribution in [2.45, 2.75) is 27.7 Å². The first-order valence-corrected chi connectivity index (χ1v) is 8.18. The first kappa shape index (κ1) is 17.6. The molecule has 1 saturated heterocycles. The SMILES string of the molecule is CC(=O)N1CCN(c2ccc(NC(=O)C(C)(C)C)cc2Cl)CC1. The van der Waals surface area contributed by atoms with Crippen molar-refractivity contribution in [3.8, 4) is 0 Å². The summed E-state index contributed by atoms with van der Waals surface area (Å²) in [5.41, 5.74) is 1.18. The molecule has 5 nitrogen and oxygen atoms in total. The van der Waals surface area contributed by atoms with E-state index < -0.39 is 5.41 Å². The van der Waals surface area contributed by atoms with Gasteiger partial charge in [-0.25, -0.2) is 0 Å². The fraction of sp³-hybridized carbons (Fsp3) is 0.529. The number of rotatable bonds is 2. The van der Waals surface area contributed by atoms with E-state index in [0.717, 1.165) is 18.8 Å². The molecule has 2 rings (SSSR count). The highest BCUT2D eigenvalue weighted by Crippen LogP contribution is 2.30. The Hall–Kier alpha value is -1.75. The summed E-state index contributed by atoms with van der Waals surface area (Å²) < 4.78 is 0. The molecular weight excluding hydrogens is 314 g/mol. The zero-order valence-corrected chi connectivity index (χ0v) is 14.9. The van der Waals surface area contributed by atoms with Crippen LogP contribution in [0.15, 0.2) is 18.2 Å². The minimum absolute atomic E-state index is 0.0450. The summed E-state index contributed by atoms with van der Waals surface area (Å²) in [7, 11) is 0. The van der Waals surface area contributed by atoms with Crippen molar-refractivity contribution in [1.82, 2.24) is 4.90 Å². The van der Waals surface area contributed by atoms with Gasteiger partial charge in [-0.1, -0.05) is 32.4 Å². The normalized spacial score (nSPS) is 15.5. The van der Waals surface area contributed by atoms with E-state index in [-0.39, 0.29) is 11.8 Å². The number of hydrogen-bond donors (Lipinski definition) is 1. The van der Waals surface area contributed by atoms with Crippen molar-refractivity contribution in [1.29, 1.82) is 0 Å². The first-order valence-electron chi connectivity index (χ1n) is 7.80. The van der Waals surface area contributed by atoms with Gasteiger partial charge in [-0.3, -0.25) is 9.59 Å². The molecule has 1 aliphatic rings. The van der Waals surface area contributed by atoms with Crippen LogP contribution >= 0.6 is 11.6 Å². The zero-order valence-electron chi connectivity index (χ0n) is 14.1. The lowest BCUT2D eigenvalue weighted by Crippen LogP contribution is -2.48. The fourth-order valence-corrected chi connectivity index (χ4v) is 2.72. The van der Waals surface area contributed by atoms with Crippen LogP contribution in [0.4, 0.5) is 11.4 Å². The van der Waals surface area contributed by atoms with Gasteiger partial charge in [0.25, 0.3) is 0 Å². The van der Waals surface area contributed by atoms with Crippen molar-refractivity contribution in [2.75, 3.05) is 36.4 Å². The second-order valence-corrected chi connectivity index (χ2v) is 7.27. The van der Waals surface area contributed by atoms with E-state index in [1.165, 1.54) is 0 Å². The second-order valence-electron chi connectivity index (χ2n) is 6.86. The van der Waals surface area contributed by atoms with Gasteiger partial charge in [0.15, 0.2) is 0 Å². The summed E-state index contributed by atoms with van der Waals surface area (Å²) in [6.07, 6.45) is 0. The predicted molar refractivity (Wildman–Crippen MR) is 94.0 cm³/mol. The maximum atomic E-state index is 12.0. The molecule has 0 radical (unpaired) electrons. The molecule has 0 unspecified atom stereocenters. The van der Waals surface area contributed by atoms with Gasteiger partial charge in [-0.2, -0.15) is 0 Å². The van der Waals surface area contributed by atoms with E-state index in [1.54, 1.807) is 13.0 Å². The number of amides is 2. The zero-order chi connectivity index (χ0) is 17.2. The lowest BCUT2D eigenvalue weighted by atomic mass is 9.95. The van der Waals surface area contributed by atoms with E-state index in [9.17, 15) is 9.59 Å². The number of carbonyl (C=O) groups excluding carboxylic acids is 2. The molecule has 1 aromatic carbocycles. The highest BCUT2D eigenvalue weighted by molar-refractivity contribution is 6.33. The Balaban J connectivity index is 2.06. The monoisotopic (exact) mass is 337 g/mol. The van der Waals surface area contributed by atoms with Crippen LogP contribution in [0.2, 0.25) is 5.02 Å². The summed E-state index contributed by atoms with van der Waals surface area (Å²) in [6, 6.07) is 5.56. The quantitative estimate of drug-likeness (QED) is 0.902. The van der Waals surface area contributed by atoms with E-state index in [1.807, 2.05) is 37.8 Å². The Morgan fingerprint density at radius 1 is 1.13 bits per heavy atom. The largest absolute Gasteiger partial charge is 0.367 e. The van der Waals surface area contributed by atoms with Gasteiger partial charge in [-0.15, -0.1) is 0 Å². The van der Waals surface area contributed by atoms with Crippen LogP contribution < -0.4 is 10.2 Å². The number of halogens is 1. The minimum atomic E-state index is -0.450. The molecular formula is C17H24ClN3O2. The van der Waals surface area contributed by atoms with Crippen LogP contribution in [0.25, 0.3) is 0 Å². The smallest absolute Gasteiger partial charge is 0.229 e. The van der Waals surface area contributed by atoms with Gasteiger partial charge in [0.05, 0.1) is 10.7 Å². The predicted octanol–water partition coefficient (Wildman–Crippen LogP) is 2.99. The molecule has 23 heavy (non-hydrogen) atoms. The summed E-state index contributed by atoms with van der Waals surface area (Å²) in [6.45, 7) is 10.1. The number of nitrogens with one attached hydrogen (secondary N) is 1. The maximum absolute atomic E-state index is 12.0. The summed E-state index contributed by atoms with van der Waals surface area (Å²) in [5.74, 6) is 0.0624. The van der Waals surface area contributed by atoms with Crippen LogP contribution in [-0.4, -0.2) is 42.9 Å². The number of piperazine rings is 1. The van der Waals surface area contributed by atoms with Gasteiger partial charge in [-0.05, 0) is 18.2 Å². The fourth-order valence-electron chi connectivity index (χ4n) is 2.42. The molecule has 1 N–H and O–H groups in total. The molecule has 126 valence electrons. The second kappa shape index (κ2) is 6.79. The van der Waals surface area contributed by atoms with Crippen LogP contribution in [0, 0.1) is 5.41 Å². The molecule has 0 saturated carbocycles. The first-order chi connectivity index (χ1) is 10.7.